The lowest BCUT2D eigenvalue weighted by Gasteiger charge is -2.02. The SMILES string of the molecule is COC(=O)c1cccc(-n2cccn2)n1. The van der Waals surface area contributed by atoms with Crippen LogP contribution >= 0.6 is 0 Å². The topological polar surface area (TPSA) is 57.0 Å². The predicted octanol–water partition coefficient (Wildman–Crippen LogP) is 1.05. The molecular weight excluding hydrogens is 194 g/mol. The molecule has 2 aromatic heterocycles. The molecular formula is C10H9N3O2. The number of hydrogen-bond donors (Lipinski definition) is 0. The van der Waals surface area contributed by atoms with Crippen molar-refractivity contribution in [2.24, 2.45) is 0 Å². The van der Waals surface area contributed by atoms with Crippen molar-refractivity contribution in [2.75, 3.05) is 7.11 Å². The van der Waals surface area contributed by atoms with Crippen LogP contribution in [0, 0.1) is 0 Å². The van der Waals surface area contributed by atoms with Gasteiger partial charge in [-0.05, 0) is 18.2 Å². The molecule has 0 radical (unpaired) electrons. The van der Waals surface area contributed by atoms with E-state index in [1.165, 1.54) is 7.11 Å². The molecule has 0 spiro atoms. The normalized spacial score (nSPS) is 9.93. The van der Waals surface area contributed by atoms with Crippen LogP contribution in [0.15, 0.2) is 36.7 Å². The van der Waals surface area contributed by atoms with Gasteiger partial charge in [0.25, 0.3) is 0 Å². The summed E-state index contributed by atoms with van der Waals surface area (Å²) in [6, 6.07) is 6.88. The van der Waals surface area contributed by atoms with E-state index in [0.29, 0.717) is 5.82 Å². The first kappa shape index (κ1) is 9.39. The van der Waals surface area contributed by atoms with Gasteiger partial charge in [-0.25, -0.2) is 14.5 Å². The second kappa shape index (κ2) is 3.91. The Morgan fingerprint density at radius 3 is 2.93 bits per heavy atom. The van der Waals surface area contributed by atoms with Crippen molar-refractivity contribution in [3.63, 3.8) is 0 Å². The number of hydrogen-bond acceptors (Lipinski definition) is 4. The van der Waals surface area contributed by atoms with Crippen LogP contribution in [0.2, 0.25) is 0 Å². The molecule has 0 aromatic carbocycles. The molecule has 2 rings (SSSR count). The highest BCUT2D eigenvalue weighted by molar-refractivity contribution is 5.87. The number of esters is 1. The summed E-state index contributed by atoms with van der Waals surface area (Å²) >= 11 is 0. The molecule has 0 saturated heterocycles. The molecule has 5 nitrogen and oxygen atoms in total. The average Bonchev–Trinajstić information content (AvgIpc) is 2.82. The Morgan fingerprint density at radius 1 is 1.40 bits per heavy atom. The first-order chi connectivity index (χ1) is 7.31. The zero-order valence-corrected chi connectivity index (χ0v) is 8.12. The summed E-state index contributed by atoms with van der Waals surface area (Å²) in [4.78, 5) is 15.3. The molecule has 5 heteroatoms. The summed E-state index contributed by atoms with van der Waals surface area (Å²) < 4.78 is 6.15. The van der Waals surface area contributed by atoms with Crippen molar-refractivity contribution in [3.05, 3.63) is 42.4 Å². The van der Waals surface area contributed by atoms with Gasteiger partial charge in [0.1, 0.15) is 0 Å². The van der Waals surface area contributed by atoms with Crippen LogP contribution in [-0.2, 0) is 4.74 Å². The molecule has 0 aliphatic rings. The van der Waals surface area contributed by atoms with E-state index in [1.54, 1.807) is 41.3 Å². The second-order valence-electron chi connectivity index (χ2n) is 2.82. The highest BCUT2D eigenvalue weighted by atomic mass is 16.5. The molecule has 2 heterocycles. The number of rotatable bonds is 2. The molecule has 0 aliphatic carbocycles. The fourth-order valence-corrected chi connectivity index (χ4v) is 1.17. The molecule has 0 amide bonds. The third kappa shape index (κ3) is 1.85. The Morgan fingerprint density at radius 2 is 2.27 bits per heavy atom. The van der Waals surface area contributed by atoms with Crippen molar-refractivity contribution in [3.8, 4) is 5.82 Å². The quantitative estimate of drug-likeness (QED) is 0.684. The number of pyridine rings is 1. The lowest BCUT2D eigenvalue weighted by molar-refractivity contribution is 0.0594. The fraction of sp³-hybridized carbons (Fsp3) is 0.100. The number of carbonyl (C=O) groups excluding carboxylic acids is 1. The van der Waals surface area contributed by atoms with Crippen LogP contribution in [0.4, 0.5) is 0 Å². The van der Waals surface area contributed by atoms with Crippen LogP contribution < -0.4 is 0 Å². The van der Waals surface area contributed by atoms with Crippen LogP contribution in [0.25, 0.3) is 5.82 Å². The highest BCUT2D eigenvalue weighted by Crippen LogP contribution is 2.05. The van der Waals surface area contributed by atoms with E-state index < -0.39 is 5.97 Å². The first-order valence-corrected chi connectivity index (χ1v) is 4.36. The van der Waals surface area contributed by atoms with Crippen LogP contribution in [0.5, 0.6) is 0 Å². The van der Waals surface area contributed by atoms with Crippen LogP contribution in [0.1, 0.15) is 10.5 Å². The lowest BCUT2D eigenvalue weighted by Crippen LogP contribution is -2.07. The molecule has 76 valence electrons. The number of methoxy groups -OCH3 is 1. The van der Waals surface area contributed by atoms with E-state index >= 15 is 0 Å². The van der Waals surface area contributed by atoms with Crippen molar-refractivity contribution in [2.45, 2.75) is 0 Å². The number of carbonyl (C=O) groups is 1. The molecule has 0 N–H and O–H groups in total. The summed E-state index contributed by atoms with van der Waals surface area (Å²) in [6.45, 7) is 0. The van der Waals surface area contributed by atoms with Gasteiger partial charge in [-0.1, -0.05) is 6.07 Å². The zero-order valence-electron chi connectivity index (χ0n) is 8.12. The smallest absolute Gasteiger partial charge is 0.356 e. The summed E-state index contributed by atoms with van der Waals surface area (Å²) in [5.74, 6) is 0.131. The van der Waals surface area contributed by atoms with Crippen molar-refractivity contribution < 1.29 is 9.53 Å². The largest absolute Gasteiger partial charge is 0.464 e. The minimum absolute atomic E-state index is 0.269. The Hall–Kier alpha value is -2.17. The minimum Gasteiger partial charge on any atom is -0.464 e. The van der Waals surface area contributed by atoms with Gasteiger partial charge in [0.2, 0.25) is 0 Å². The summed E-state index contributed by atoms with van der Waals surface area (Å²) in [5, 5.41) is 4.01. The van der Waals surface area contributed by atoms with Gasteiger partial charge in [0, 0.05) is 12.4 Å². The van der Waals surface area contributed by atoms with Gasteiger partial charge in [-0.2, -0.15) is 5.10 Å². The molecule has 15 heavy (non-hydrogen) atoms. The van der Waals surface area contributed by atoms with Crippen LogP contribution in [-0.4, -0.2) is 27.8 Å². The third-order valence-electron chi connectivity index (χ3n) is 1.87. The lowest BCUT2D eigenvalue weighted by atomic mass is 10.3. The van der Waals surface area contributed by atoms with Gasteiger partial charge < -0.3 is 4.74 Å². The van der Waals surface area contributed by atoms with Gasteiger partial charge in [0.05, 0.1) is 7.11 Å². The summed E-state index contributed by atoms with van der Waals surface area (Å²) in [6.07, 6.45) is 3.40. The standard InChI is InChI=1S/C10H9N3O2/c1-15-10(14)8-4-2-5-9(12-8)13-7-3-6-11-13/h2-7H,1H3. The van der Waals surface area contributed by atoms with Crippen molar-refractivity contribution in [1.29, 1.82) is 0 Å². The molecule has 0 fully saturated rings. The Bertz CT molecular complexity index is 465. The van der Waals surface area contributed by atoms with E-state index in [-0.39, 0.29) is 5.69 Å². The maximum absolute atomic E-state index is 11.2. The number of ether oxygens (including phenoxy) is 1. The van der Waals surface area contributed by atoms with E-state index in [4.69, 9.17) is 0 Å². The summed E-state index contributed by atoms with van der Waals surface area (Å²) in [5.41, 5.74) is 0.269. The van der Waals surface area contributed by atoms with Gasteiger partial charge in [-0.15, -0.1) is 0 Å². The Balaban J connectivity index is 2.39. The van der Waals surface area contributed by atoms with Crippen molar-refractivity contribution >= 4 is 5.97 Å². The van der Waals surface area contributed by atoms with E-state index in [9.17, 15) is 4.79 Å². The van der Waals surface area contributed by atoms with Crippen molar-refractivity contribution in [1.82, 2.24) is 14.8 Å². The molecule has 0 bridgehead atoms. The number of nitrogens with zero attached hydrogens (tertiary/aromatic N) is 3. The maximum atomic E-state index is 11.2. The van der Waals surface area contributed by atoms with Gasteiger partial charge in [0.15, 0.2) is 11.5 Å². The molecule has 0 unspecified atom stereocenters. The van der Waals surface area contributed by atoms with Gasteiger partial charge in [-0.3, -0.25) is 0 Å². The van der Waals surface area contributed by atoms with E-state index in [1.807, 2.05) is 0 Å². The molecule has 0 atom stereocenters. The Labute approximate surface area is 86.3 Å². The first-order valence-electron chi connectivity index (χ1n) is 4.36. The maximum Gasteiger partial charge on any atom is 0.356 e. The minimum atomic E-state index is -0.455. The predicted molar refractivity (Wildman–Crippen MR) is 52.7 cm³/mol. The molecule has 0 saturated carbocycles. The summed E-state index contributed by atoms with van der Waals surface area (Å²) in [7, 11) is 1.32. The molecule has 2 aromatic rings. The zero-order chi connectivity index (χ0) is 10.7. The van der Waals surface area contributed by atoms with E-state index in [2.05, 4.69) is 14.8 Å². The second-order valence-corrected chi connectivity index (χ2v) is 2.82. The average molecular weight is 203 g/mol. The monoisotopic (exact) mass is 203 g/mol. The number of aromatic nitrogens is 3. The fourth-order valence-electron chi connectivity index (χ4n) is 1.17. The molecule has 0 aliphatic heterocycles. The Kier molecular flexibility index (Phi) is 2.45. The highest BCUT2D eigenvalue weighted by Gasteiger charge is 2.07. The van der Waals surface area contributed by atoms with Gasteiger partial charge >= 0.3 is 5.97 Å². The third-order valence-corrected chi connectivity index (χ3v) is 1.87. The van der Waals surface area contributed by atoms with Crippen LogP contribution in [0.3, 0.4) is 0 Å². The van der Waals surface area contributed by atoms with E-state index in [0.717, 1.165) is 0 Å².